The molecule has 0 spiro atoms. The summed E-state index contributed by atoms with van der Waals surface area (Å²) >= 11 is 0. The highest BCUT2D eigenvalue weighted by Gasteiger charge is 2.24. The Labute approximate surface area is 147 Å². The van der Waals surface area contributed by atoms with E-state index in [4.69, 9.17) is 9.47 Å². The van der Waals surface area contributed by atoms with Crippen LogP contribution in [0.15, 0.2) is 4.99 Å². The second kappa shape index (κ2) is 10.4. The van der Waals surface area contributed by atoms with Crippen LogP contribution in [0.5, 0.6) is 0 Å². The number of ether oxygens (including phenoxy) is 2. The molecule has 0 rings (SSSR count). The number of amides is 1. The van der Waals surface area contributed by atoms with Crippen LogP contribution >= 0.6 is 0 Å². The first-order valence-corrected chi connectivity index (χ1v) is 8.51. The summed E-state index contributed by atoms with van der Waals surface area (Å²) in [6.07, 6.45) is -0.383. The molecule has 7 nitrogen and oxygen atoms in total. The summed E-state index contributed by atoms with van der Waals surface area (Å²) in [5.74, 6) is 0.704. The van der Waals surface area contributed by atoms with Crippen LogP contribution in [0.2, 0.25) is 0 Å². The van der Waals surface area contributed by atoms with Gasteiger partial charge in [0.2, 0.25) is 0 Å². The van der Waals surface area contributed by atoms with E-state index in [0.717, 1.165) is 6.54 Å². The van der Waals surface area contributed by atoms with E-state index >= 15 is 0 Å². The van der Waals surface area contributed by atoms with Gasteiger partial charge in [-0.05, 0) is 33.1 Å². The van der Waals surface area contributed by atoms with E-state index in [0.29, 0.717) is 25.6 Å². The summed E-state index contributed by atoms with van der Waals surface area (Å²) in [5.41, 5.74) is -0.468. The molecule has 0 bridgehead atoms. The number of rotatable bonds is 7. The maximum absolute atomic E-state index is 11.6. The lowest BCUT2D eigenvalue weighted by atomic mass is 9.89. The van der Waals surface area contributed by atoms with E-state index in [1.165, 1.54) is 0 Å². The van der Waals surface area contributed by atoms with Gasteiger partial charge < -0.3 is 25.4 Å². The zero-order valence-corrected chi connectivity index (χ0v) is 16.6. The number of nitrogens with one attached hydrogen (secondary N) is 3. The van der Waals surface area contributed by atoms with E-state index in [1.54, 1.807) is 7.11 Å². The van der Waals surface area contributed by atoms with Gasteiger partial charge in [-0.1, -0.05) is 20.8 Å². The van der Waals surface area contributed by atoms with Gasteiger partial charge in [-0.15, -0.1) is 0 Å². The predicted molar refractivity (Wildman–Crippen MR) is 98.5 cm³/mol. The van der Waals surface area contributed by atoms with Crippen molar-refractivity contribution in [3.63, 3.8) is 0 Å². The number of guanidine groups is 1. The third-order valence-corrected chi connectivity index (χ3v) is 3.10. The molecule has 0 aromatic heterocycles. The molecule has 1 unspecified atom stereocenters. The highest BCUT2D eigenvalue weighted by Crippen LogP contribution is 2.21. The number of aliphatic imine (C=N–C) groups is 1. The molecule has 7 heteroatoms. The van der Waals surface area contributed by atoms with Crippen molar-refractivity contribution in [2.75, 3.05) is 33.3 Å². The second-order valence-corrected chi connectivity index (χ2v) is 7.67. The third-order valence-electron chi connectivity index (χ3n) is 3.10. The van der Waals surface area contributed by atoms with E-state index in [-0.39, 0.29) is 11.5 Å². The number of hydrogen-bond donors (Lipinski definition) is 3. The molecule has 0 aromatic carbocycles. The van der Waals surface area contributed by atoms with Crippen molar-refractivity contribution in [3.05, 3.63) is 0 Å². The highest BCUT2D eigenvalue weighted by atomic mass is 16.6. The summed E-state index contributed by atoms with van der Waals surface area (Å²) < 4.78 is 10.7. The van der Waals surface area contributed by atoms with Gasteiger partial charge in [-0.3, -0.25) is 4.99 Å². The Morgan fingerprint density at radius 2 is 1.62 bits per heavy atom. The average Bonchev–Trinajstić information content (AvgIpc) is 2.40. The number of carbonyl (C=O) groups is 1. The third kappa shape index (κ3) is 11.1. The van der Waals surface area contributed by atoms with E-state index in [1.807, 2.05) is 27.7 Å². The fourth-order valence-corrected chi connectivity index (χ4v) is 1.88. The van der Waals surface area contributed by atoms with Gasteiger partial charge in [-0.2, -0.15) is 0 Å². The quantitative estimate of drug-likeness (QED) is 0.374. The number of nitrogens with zero attached hydrogens (tertiary/aromatic N) is 1. The summed E-state index contributed by atoms with van der Waals surface area (Å²) in [7, 11) is 1.70. The molecular formula is C17H36N4O3. The largest absolute Gasteiger partial charge is 0.444 e. The number of methoxy groups -OCH3 is 1. The molecule has 3 N–H and O–H groups in total. The molecule has 24 heavy (non-hydrogen) atoms. The van der Waals surface area contributed by atoms with Crippen molar-refractivity contribution in [1.29, 1.82) is 0 Å². The Kier molecular flexibility index (Phi) is 9.73. The first-order valence-electron chi connectivity index (χ1n) is 8.51. The first-order chi connectivity index (χ1) is 11.0. The van der Waals surface area contributed by atoms with Crippen LogP contribution in [0, 0.1) is 5.41 Å². The Morgan fingerprint density at radius 3 is 2.08 bits per heavy atom. The molecule has 0 saturated carbocycles. The molecular weight excluding hydrogens is 308 g/mol. The summed E-state index contributed by atoms with van der Waals surface area (Å²) in [6, 6.07) is 0. The van der Waals surface area contributed by atoms with Crippen LogP contribution in [-0.4, -0.2) is 57.0 Å². The van der Waals surface area contributed by atoms with Gasteiger partial charge >= 0.3 is 6.09 Å². The molecule has 0 heterocycles. The molecule has 0 aromatic rings. The first kappa shape index (κ1) is 22.5. The van der Waals surface area contributed by atoms with Crippen LogP contribution in [0.1, 0.15) is 48.5 Å². The maximum atomic E-state index is 11.6. The summed E-state index contributed by atoms with van der Waals surface area (Å²) in [4.78, 5) is 16.1. The Bertz CT molecular complexity index is 398. The molecule has 0 fully saturated rings. The van der Waals surface area contributed by atoms with E-state index in [9.17, 15) is 4.79 Å². The zero-order chi connectivity index (χ0) is 18.8. The Morgan fingerprint density at radius 1 is 1.04 bits per heavy atom. The lowest BCUT2D eigenvalue weighted by molar-refractivity contribution is 0.0241. The molecule has 0 aliphatic heterocycles. The van der Waals surface area contributed by atoms with Crippen LogP contribution in [0.3, 0.4) is 0 Å². The van der Waals surface area contributed by atoms with Gasteiger partial charge in [-0.25, -0.2) is 4.79 Å². The van der Waals surface area contributed by atoms with Crippen LogP contribution in [-0.2, 0) is 9.47 Å². The van der Waals surface area contributed by atoms with Crippen molar-refractivity contribution in [2.24, 2.45) is 10.4 Å². The monoisotopic (exact) mass is 344 g/mol. The number of hydrogen-bond acceptors (Lipinski definition) is 4. The smallest absolute Gasteiger partial charge is 0.407 e. The highest BCUT2D eigenvalue weighted by molar-refractivity contribution is 5.79. The van der Waals surface area contributed by atoms with Gasteiger partial charge in [0.25, 0.3) is 0 Å². The minimum Gasteiger partial charge on any atom is -0.444 e. The number of carbonyl (C=O) groups excluding carboxylic acids is 1. The molecule has 0 aliphatic carbocycles. The van der Waals surface area contributed by atoms with Crippen LogP contribution in [0.4, 0.5) is 4.79 Å². The van der Waals surface area contributed by atoms with E-state index < -0.39 is 11.7 Å². The van der Waals surface area contributed by atoms with Gasteiger partial charge in [0.15, 0.2) is 5.96 Å². The Balaban J connectivity index is 4.34. The normalized spacial score (nSPS) is 14.1. The lowest BCUT2D eigenvalue weighted by Gasteiger charge is -2.28. The van der Waals surface area contributed by atoms with Gasteiger partial charge in [0.1, 0.15) is 5.60 Å². The van der Waals surface area contributed by atoms with Crippen LogP contribution in [0.25, 0.3) is 0 Å². The minimum absolute atomic E-state index is 0.0217. The average molecular weight is 345 g/mol. The molecule has 0 radical (unpaired) electrons. The van der Waals surface area contributed by atoms with Crippen molar-refractivity contribution in [2.45, 2.75) is 60.2 Å². The SMILES string of the molecule is CCNC(=NCC(OC)C(C)(C)C)NCCNC(=O)OC(C)(C)C. The molecule has 0 aliphatic rings. The van der Waals surface area contributed by atoms with Crippen LogP contribution < -0.4 is 16.0 Å². The summed E-state index contributed by atoms with van der Waals surface area (Å²) in [5, 5.41) is 9.07. The lowest BCUT2D eigenvalue weighted by Crippen LogP contribution is -2.43. The van der Waals surface area contributed by atoms with Gasteiger partial charge in [0.05, 0.1) is 12.6 Å². The second-order valence-electron chi connectivity index (χ2n) is 7.67. The van der Waals surface area contributed by atoms with Crippen molar-refractivity contribution in [3.8, 4) is 0 Å². The minimum atomic E-state index is -0.490. The van der Waals surface area contributed by atoms with Gasteiger partial charge in [0, 0.05) is 26.7 Å². The standard InChI is InChI=1S/C17H36N4O3/c1-9-18-14(21-12-13(23-8)16(2,3)4)19-10-11-20-15(22)24-17(5,6)7/h13H,9-12H2,1-8H3,(H,20,22)(H2,18,19,21). The fraction of sp³-hybridized carbons (Fsp3) is 0.882. The zero-order valence-electron chi connectivity index (χ0n) is 16.6. The van der Waals surface area contributed by atoms with Crippen molar-refractivity contribution in [1.82, 2.24) is 16.0 Å². The molecule has 0 saturated heterocycles. The summed E-state index contributed by atoms with van der Waals surface area (Å²) in [6.45, 7) is 16.2. The fourth-order valence-electron chi connectivity index (χ4n) is 1.88. The van der Waals surface area contributed by atoms with Crippen molar-refractivity contribution >= 4 is 12.1 Å². The molecule has 1 amide bonds. The molecule has 1 atom stereocenters. The van der Waals surface area contributed by atoms with Crippen molar-refractivity contribution < 1.29 is 14.3 Å². The molecule has 142 valence electrons. The number of alkyl carbamates (subject to hydrolysis) is 1. The Hall–Kier alpha value is -1.50. The predicted octanol–water partition coefficient (Wildman–Crippen LogP) is 2.13. The topological polar surface area (TPSA) is 84.0 Å². The maximum Gasteiger partial charge on any atom is 0.407 e. The van der Waals surface area contributed by atoms with E-state index in [2.05, 4.69) is 41.7 Å².